The van der Waals surface area contributed by atoms with Crippen LogP contribution < -0.4 is 15.5 Å². The fourth-order valence-electron chi connectivity index (χ4n) is 2.26. The van der Waals surface area contributed by atoms with Crippen molar-refractivity contribution in [1.82, 2.24) is 15.5 Å². The summed E-state index contributed by atoms with van der Waals surface area (Å²) in [7, 11) is 0. The second-order valence-corrected chi connectivity index (χ2v) is 7.52. The molecule has 8 heteroatoms. The Bertz CT molecular complexity index is 764. The third kappa shape index (κ3) is 3.38. The number of nitrogens with zero attached hydrogens (tertiary/aromatic N) is 3. The second kappa shape index (κ2) is 6.20. The molecule has 1 saturated heterocycles. The molecule has 2 N–H and O–H groups in total. The number of hydrogen-bond acceptors (Lipinski definition) is 5. The highest BCUT2D eigenvalue weighted by Gasteiger charge is 2.22. The van der Waals surface area contributed by atoms with E-state index in [1.165, 1.54) is 11.3 Å². The first-order valence-electron chi connectivity index (χ1n) is 7.65. The van der Waals surface area contributed by atoms with E-state index in [9.17, 15) is 9.59 Å². The third-order valence-corrected chi connectivity index (χ3v) is 4.85. The van der Waals surface area contributed by atoms with E-state index in [0.717, 1.165) is 10.7 Å². The molecule has 3 amide bonds. The minimum Gasteiger partial charge on any atom is -0.336 e. The number of rotatable bonds is 3. The van der Waals surface area contributed by atoms with Crippen molar-refractivity contribution in [2.45, 2.75) is 26.2 Å². The number of amides is 3. The van der Waals surface area contributed by atoms with Gasteiger partial charge in [-0.15, -0.1) is 10.2 Å². The van der Waals surface area contributed by atoms with E-state index in [2.05, 4.69) is 20.8 Å². The molecular weight excluding hydrogens is 326 g/mol. The number of benzene rings is 1. The fourth-order valence-corrected chi connectivity index (χ4v) is 3.05. The van der Waals surface area contributed by atoms with Gasteiger partial charge in [0.2, 0.25) is 5.13 Å². The number of carbonyl (C=O) groups excluding carboxylic acids is 2. The zero-order valence-corrected chi connectivity index (χ0v) is 14.6. The van der Waals surface area contributed by atoms with Gasteiger partial charge in [0.1, 0.15) is 5.01 Å². The lowest BCUT2D eigenvalue weighted by molar-refractivity contribution is 0.102. The molecule has 1 aliphatic heterocycles. The molecule has 0 bridgehead atoms. The molecule has 24 heavy (non-hydrogen) atoms. The highest BCUT2D eigenvalue weighted by atomic mass is 32.1. The molecule has 0 spiro atoms. The smallest absolute Gasteiger partial charge is 0.321 e. The maximum Gasteiger partial charge on any atom is 0.321 e. The van der Waals surface area contributed by atoms with Gasteiger partial charge in [-0.1, -0.05) is 32.1 Å². The van der Waals surface area contributed by atoms with Crippen molar-refractivity contribution in [2.75, 3.05) is 23.3 Å². The lowest BCUT2D eigenvalue weighted by Crippen LogP contribution is -2.27. The molecular formula is C16H19N5O2S. The molecule has 1 aromatic carbocycles. The Hall–Kier alpha value is -2.48. The summed E-state index contributed by atoms with van der Waals surface area (Å²) in [5.74, 6) is -0.246. The normalized spacial score (nSPS) is 14.6. The van der Waals surface area contributed by atoms with Crippen LogP contribution in [0.3, 0.4) is 0 Å². The summed E-state index contributed by atoms with van der Waals surface area (Å²) >= 11 is 1.37. The summed E-state index contributed by atoms with van der Waals surface area (Å²) < 4.78 is 0. The van der Waals surface area contributed by atoms with Gasteiger partial charge in [-0.05, 0) is 24.3 Å². The average molecular weight is 345 g/mol. The summed E-state index contributed by atoms with van der Waals surface area (Å²) in [6.45, 7) is 7.41. The van der Waals surface area contributed by atoms with Crippen molar-refractivity contribution >= 4 is 34.1 Å². The van der Waals surface area contributed by atoms with Crippen molar-refractivity contribution in [3.05, 3.63) is 34.8 Å². The largest absolute Gasteiger partial charge is 0.336 e. The maximum absolute atomic E-state index is 12.3. The average Bonchev–Trinajstić information content (AvgIpc) is 3.16. The minimum absolute atomic E-state index is 0.0986. The molecule has 2 aromatic rings. The lowest BCUT2D eigenvalue weighted by Gasteiger charge is -2.14. The van der Waals surface area contributed by atoms with Gasteiger partial charge in [0.05, 0.1) is 0 Å². The molecule has 0 atom stereocenters. The molecule has 2 heterocycles. The topological polar surface area (TPSA) is 87.2 Å². The summed E-state index contributed by atoms with van der Waals surface area (Å²) in [6, 6.07) is 6.81. The summed E-state index contributed by atoms with van der Waals surface area (Å²) in [5.41, 5.74) is 1.18. The number of hydrogen-bond donors (Lipinski definition) is 2. The third-order valence-electron chi connectivity index (χ3n) is 3.59. The van der Waals surface area contributed by atoms with Gasteiger partial charge in [-0.3, -0.25) is 15.0 Å². The highest BCUT2D eigenvalue weighted by Crippen LogP contribution is 2.28. The van der Waals surface area contributed by atoms with Gasteiger partial charge in [-0.2, -0.15) is 0 Å². The number of urea groups is 1. The van der Waals surface area contributed by atoms with E-state index in [4.69, 9.17) is 0 Å². The van der Waals surface area contributed by atoms with E-state index in [1.54, 1.807) is 29.2 Å². The number of aromatic nitrogens is 2. The Morgan fingerprint density at radius 3 is 2.50 bits per heavy atom. The van der Waals surface area contributed by atoms with Crippen molar-refractivity contribution in [2.24, 2.45) is 0 Å². The van der Waals surface area contributed by atoms with E-state index in [-0.39, 0.29) is 17.4 Å². The Labute approximate surface area is 144 Å². The van der Waals surface area contributed by atoms with Crippen LogP contribution in [0.15, 0.2) is 24.3 Å². The minimum atomic E-state index is -0.246. The summed E-state index contributed by atoms with van der Waals surface area (Å²) in [6.07, 6.45) is 0. The summed E-state index contributed by atoms with van der Waals surface area (Å²) in [5, 5.41) is 15.0. The lowest BCUT2D eigenvalue weighted by atomic mass is 9.98. The molecule has 0 saturated carbocycles. The van der Waals surface area contributed by atoms with Crippen LogP contribution in [-0.4, -0.2) is 35.2 Å². The maximum atomic E-state index is 12.3. The number of carbonyl (C=O) groups is 2. The molecule has 0 unspecified atom stereocenters. The van der Waals surface area contributed by atoms with Gasteiger partial charge in [-0.25, -0.2) is 4.79 Å². The Morgan fingerprint density at radius 2 is 1.96 bits per heavy atom. The van der Waals surface area contributed by atoms with E-state index in [0.29, 0.717) is 23.8 Å². The zero-order chi connectivity index (χ0) is 17.3. The van der Waals surface area contributed by atoms with E-state index < -0.39 is 0 Å². The molecule has 1 fully saturated rings. The van der Waals surface area contributed by atoms with Crippen molar-refractivity contribution in [3.63, 3.8) is 0 Å². The van der Waals surface area contributed by atoms with Gasteiger partial charge in [0, 0.05) is 29.8 Å². The van der Waals surface area contributed by atoms with Gasteiger partial charge in [0.25, 0.3) is 5.91 Å². The zero-order valence-electron chi connectivity index (χ0n) is 13.8. The van der Waals surface area contributed by atoms with Crippen LogP contribution in [0, 0.1) is 0 Å². The number of nitrogens with one attached hydrogen (secondary N) is 2. The molecule has 3 rings (SSSR count). The van der Waals surface area contributed by atoms with Gasteiger partial charge < -0.3 is 5.32 Å². The molecule has 0 aliphatic carbocycles. The first-order chi connectivity index (χ1) is 11.3. The molecule has 1 aromatic heterocycles. The predicted molar refractivity (Wildman–Crippen MR) is 93.7 cm³/mol. The van der Waals surface area contributed by atoms with E-state index >= 15 is 0 Å². The van der Waals surface area contributed by atoms with Crippen LogP contribution in [0.25, 0.3) is 0 Å². The molecule has 1 aliphatic rings. The van der Waals surface area contributed by atoms with Gasteiger partial charge >= 0.3 is 6.03 Å². The Morgan fingerprint density at radius 1 is 1.25 bits per heavy atom. The monoisotopic (exact) mass is 345 g/mol. The van der Waals surface area contributed by atoms with Crippen LogP contribution in [-0.2, 0) is 5.41 Å². The second-order valence-electron chi connectivity index (χ2n) is 6.55. The van der Waals surface area contributed by atoms with Crippen molar-refractivity contribution in [3.8, 4) is 0 Å². The van der Waals surface area contributed by atoms with Gasteiger partial charge in [0.15, 0.2) is 0 Å². The fraction of sp³-hybridized carbons (Fsp3) is 0.375. The van der Waals surface area contributed by atoms with Crippen molar-refractivity contribution < 1.29 is 9.59 Å². The summed E-state index contributed by atoms with van der Waals surface area (Å²) in [4.78, 5) is 25.6. The molecule has 126 valence electrons. The van der Waals surface area contributed by atoms with Crippen LogP contribution in [0.5, 0.6) is 0 Å². The Kier molecular flexibility index (Phi) is 4.23. The van der Waals surface area contributed by atoms with Crippen LogP contribution in [0.1, 0.15) is 36.1 Å². The molecule has 0 radical (unpaired) electrons. The first-order valence-corrected chi connectivity index (χ1v) is 8.47. The van der Waals surface area contributed by atoms with Crippen LogP contribution >= 0.6 is 11.3 Å². The van der Waals surface area contributed by atoms with Crippen LogP contribution in [0.4, 0.5) is 15.6 Å². The highest BCUT2D eigenvalue weighted by molar-refractivity contribution is 7.15. The van der Waals surface area contributed by atoms with Crippen LogP contribution in [0.2, 0.25) is 0 Å². The number of anilines is 2. The quantitative estimate of drug-likeness (QED) is 0.895. The van der Waals surface area contributed by atoms with E-state index in [1.807, 2.05) is 20.8 Å². The Balaban J connectivity index is 1.69. The first kappa shape index (κ1) is 16.4. The predicted octanol–water partition coefficient (Wildman–Crippen LogP) is 2.62. The molecule has 7 nitrogen and oxygen atoms in total. The van der Waals surface area contributed by atoms with Crippen molar-refractivity contribution in [1.29, 1.82) is 0 Å². The SMILES string of the molecule is CC(C)(C)c1nnc(NC(=O)c2ccc(N3CCNC3=O)cc2)s1. The standard InChI is InChI=1S/C16H19N5O2S/c1-16(2,3)13-19-20-14(24-13)18-12(22)10-4-6-11(7-5-10)21-9-8-17-15(21)23/h4-7H,8-9H2,1-3H3,(H,17,23)(H,18,20,22).